The molecule has 8 heteroatoms. The number of nitrogens with one attached hydrogen (secondary N) is 1. The maximum absolute atomic E-state index is 12.4. The van der Waals surface area contributed by atoms with E-state index in [-0.39, 0.29) is 23.6 Å². The number of amides is 2. The van der Waals surface area contributed by atoms with E-state index in [2.05, 4.69) is 10.3 Å². The van der Waals surface area contributed by atoms with Crippen LogP contribution in [0.5, 0.6) is 11.5 Å². The van der Waals surface area contributed by atoms with Gasteiger partial charge < -0.3 is 19.7 Å². The average Bonchev–Trinajstić information content (AvgIpc) is 3.11. The number of carbonyl (C=O) groups excluding carboxylic acids is 2. The third-order valence-electron chi connectivity index (χ3n) is 4.44. The summed E-state index contributed by atoms with van der Waals surface area (Å²) in [5.41, 5.74) is 1.66. The Morgan fingerprint density at radius 1 is 1.29 bits per heavy atom. The summed E-state index contributed by atoms with van der Waals surface area (Å²) < 4.78 is 10.8. The monoisotopic (exact) mass is 401 g/mol. The Hall–Kier alpha value is -2.74. The van der Waals surface area contributed by atoms with Gasteiger partial charge in [0.05, 0.1) is 32.2 Å². The fourth-order valence-corrected chi connectivity index (χ4v) is 4.22. The maximum atomic E-state index is 12.4. The molecule has 2 amide bonds. The Morgan fingerprint density at radius 2 is 2.14 bits per heavy atom. The van der Waals surface area contributed by atoms with Gasteiger partial charge in [-0.05, 0) is 30.3 Å². The van der Waals surface area contributed by atoms with Crippen molar-refractivity contribution < 1.29 is 19.1 Å². The fraction of sp³-hybridized carbons (Fsp3) is 0.350. The molecule has 1 aromatic carbocycles. The van der Waals surface area contributed by atoms with E-state index in [0.29, 0.717) is 30.3 Å². The molecule has 1 aliphatic rings. The number of pyridine rings is 1. The number of benzene rings is 1. The second-order valence-corrected chi connectivity index (χ2v) is 7.27. The van der Waals surface area contributed by atoms with E-state index in [1.165, 1.54) is 11.8 Å². The molecular weight excluding hydrogens is 378 g/mol. The molecule has 2 aromatic rings. The van der Waals surface area contributed by atoms with Gasteiger partial charge in [-0.15, -0.1) is 11.8 Å². The topological polar surface area (TPSA) is 80.8 Å². The Bertz CT molecular complexity index is 831. The molecule has 1 fully saturated rings. The molecule has 2 heterocycles. The highest BCUT2D eigenvalue weighted by Crippen LogP contribution is 2.43. The summed E-state index contributed by atoms with van der Waals surface area (Å²) in [7, 11) is 3.20. The largest absolute Gasteiger partial charge is 0.497 e. The van der Waals surface area contributed by atoms with E-state index in [1.54, 1.807) is 25.3 Å². The number of ether oxygens (including phenoxy) is 2. The summed E-state index contributed by atoms with van der Waals surface area (Å²) in [6.45, 7) is 0.709. The third-order valence-corrected chi connectivity index (χ3v) is 5.68. The smallest absolute Gasteiger partial charge is 0.233 e. The first kappa shape index (κ1) is 20.0. The summed E-state index contributed by atoms with van der Waals surface area (Å²) >= 11 is 1.52. The Balaban J connectivity index is 1.64. The normalized spacial score (nSPS) is 16.1. The van der Waals surface area contributed by atoms with Crippen LogP contribution in [-0.2, 0) is 16.1 Å². The summed E-state index contributed by atoms with van der Waals surface area (Å²) in [5.74, 6) is 1.66. The molecule has 148 valence electrons. The number of hydrogen-bond acceptors (Lipinski definition) is 6. The van der Waals surface area contributed by atoms with Crippen LogP contribution in [-0.4, -0.2) is 48.2 Å². The van der Waals surface area contributed by atoms with Gasteiger partial charge in [0.25, 0.3) is 0 Å². The number of methoxy groups -OCH3 is 2. The molecule has 1 aromatic heterocycles. The number of nitrogens with zero attached hydrogens (tertiary/aromatic N) is 2. The number of thioether (sulfide) groups is 1. The number of rotatable bonds is 8. The molecular formula is C20H23N3O4S. The maximum Gasteiger partial charge on any atom is 0.233 e. The van der Waals surface area contributed by atoms with Crippen LogP contribution in [0.2, 0.25) is 0 Å². The first-order chi connectivity index (χ1) is 13.6. The second kappa shape index (κ2) is 9.45. The minimum atomic E-state index is -0.207. The molecule has 0 spiro atoms. The lowest BCUT2D eigenvalue weighted by Crippen LogP contribution is -2.33. The Morgan fingerprint density at radius 3 is 2.86 bits per heavy atom. The summed E-state index contributed by atoms with van der Waals surface area (Å²) in [4.78, 5) is 30.5. The van der Waals surface area contributed by atoms with Gasteiger partial charge in [0.2, 0.25) is 11.8 Å². The van der Waals surface area contributed by atoms with Crippen molar-refractivity contribution in [3.63, 3.8) is 0 Å². The van der Waals surface area contributed by atoms with E-state index in [9.17, 15) is 9.59 Å². The number of carbonyl (C=O) groups is 2. The average molecular weight is 401 g/mol. The van der Waals surface area contributed by atoms with Crippen molar-refractivity contribution in [3.05, 3.63) is 53.9 Å². The molecule has 7 nitrogen and oxygen atoms in total. The number of hydrogen-bond donors (Lipinski definition) is 1. The molecule has 0 bridgehead atoms. The van der Waals surface area contributed by atoms with Crippen LogP contribution in [0.4, 0.5) is 0 Å². The van der Waals surface area contributed by atoms with Gasteiger partial charge in [0.1, 0.15) is 16.9 Å². The molecule has 0 radical (unpaired) electrons. The molecule has 28 heavy (non-hydrogen) atoms. The van der Waals surface area contributed by atoms with Crippen molar-refractivity contribution in [3.8, 4) is 11.5 Å². The van der Waals surface area contributed by atoms with Crippen molar-refractivity contribution in [1.82, 2.24) is 15.2 Å². The highest BCUT2D eigenvalue weighted by molar-refractivity contribution is 8.00. The molecule has 0 saturated carbocycles. The highest BCUT2D eigenvalue weighted by Gasteiger charge is 2.34. The van der Waals surface area contributed by atoms with Crippen LogP contribution in [0, 0.1) is 0 Å². The van der Waals surface area contributed by atoms with Crippen LogP contribution in [0.15, 0.2) is 42.6 Å². The SMILES string of the molecule is COc1ccc(OC)c(C2SCC(=O)N2CCC(=O)NCc2ccccn2)c1. The lowest BCUT2D eigenvalue weighted by atomic mass is 10.1. The molecule has 1 atom stereocenters. The van der Waals surface area contributed by atoms with Gasteiger partial charge in [-0.3, -0.25) is 14.6 Å². The van der Waals surface area contributed by atoms with Gasteiger partial charge in [-0.25, -0.2) is 0 Å². The zero-order valence-corrected chi connectivity index (χ0v) is 16.7. The van der Waals surface area contributed by atoms with Crippen LogP contribution in [0.1, 0.15) is 23.1 Å². The van der Waals surface area contributed by atoms with E-state index in [4.69, 9.17) is 9.47 Å². The standard InChI is InChI=1S/C20H23N3O4S/c1-26-15-6-7-17(27-2)16(11-15)20-23(19(25)13-28-20)10-8-18(24)22-12-14-5-3-4-9-21-14/h3-7,9,11,20H,8,10,12-13H2,1-2H3,(H,22,24). The Kier molecular flexibility index (Phi) is 6.76. The fourth-order valence-electron chi connectivity index (χ4n) is 2.99. The van der Waals surface area contributed by atoms with Crippen molar-refractivity contribution in [1.29, 1.82) is 0 Å². The summed E-state index contributed by atoms with van der Waals surface area (Å²) in [5, 5.41) is 2.63. The van der Waals surface area contributed by atoms with E-state index < -0.39 is 0 Å². The third kappa shape index (κ3) is 4.75. The van der Waals surface area contributed by atoms with Crippen LogP contribution in [0.25, 0.3) is 0 Å². The van der Waals surface area contributed by atoms with Gasteiger partial charge in [-0.1, -0.05) is 6.07 Å². The summed E-state index contributed by atoms with van der Waals surface area (Å²) in [6, 6.07) is 11.1. The molecule has 0 aliphatic carbocycles. The van der Waals surface area contributed by atoms with Crippen molar-refractivity contribution in [2.24, 2.45) is 0 Å². The second-order valence-electron chi connectivity index (χ2n) is 6.21. The zero-order chi connectivity index (χ0) is 19.9. The van der Waals surface area contributed by atoms with Crippen molar-refractivity contribution in [2.45, 2.75) is 18.3 Å². The lowest BCUT2D eigenvalue weighted by molar-refractivity contribution is -0.129. The van der Waals surface area contributed by atoms with Crippen molar-refractivity contribution in [2.75, 3.05) is 26.5 Å². The van der Waals surface area contributed by atoms with Gasteiger partial charge >= 0.3 is 0 Å². The van der Waals surface area contributed by atoms with Crippen LogP contribution < -0.4 is 14.8 Å². The predicted octanol–water partition coefficient (Wildman–Crippen LogP) is 2.38. The molecule has 3 rings (SSSR count). The van der Waals surface area contributed by atoms with Crippen molar-refractivity contribution >= 4 is 23.6 Å². The quantitative estimate of drug-likeness (QED) is 0.732. The van der Waals surface area contributed by atoms with Gasteiger partial charge in [0.15, 0.2) is 0 Å². The van der Waals surface area contributed by atoms with E-state index >= 15 is 0 Å². The first-order valence-electron chi connectivity index (χ1n) is 8.92. The van der Waals surface area contributed by atoms with E-state index in [0.717, 1.165) is 11.3 Å². The van der Waals surface area contributed by atoms with E-state index in [1.807, 2.05) is 36.4 Å². The van der Waals surface area contributed by atoms with Gasteiger partial charge in [-0.2, -0.15) is 0 Å². The minimum Gasteiger partial charge on any atom is -0.497 e. The number of aromatic nitrogens is 1. The Labute approximate surface area is 168 Å². The molecule has 1 saturated heterocycles. The zero-order valence-electron chi connectivity index (χ0n) is 15.9. The highest BCUT2D eigenvalue weighted by atomic mass is 32.2. The minimum absolute atomic E-state index is 0.0115. The van der Waals surface area contributed by atoms with Crippen LogP contribution >= 0.6 is 11.8 Å². The van der Waals surface area contributed by atoms with Crippen LogP contribution in [0.3, 0.4) is 0 Å². The lowest BCUT2D eigenvalue weighted by Gasteiger charge is -2.25. The molecule has 1 aliphatic heterocycles. The summed E-state index contributed by atoms with van der Waals surface area (Å²) in [6.07, 6.45) is 1.91. The molecule has 1 unspecified atom stereocenters. The van der Waals surface area contributed by atoms with Gasteiger partial charge in [0, 0.05) is 24.7 Å². The molecule has 1 N–H and O–H groups in total. The predicted molar refractivity (Wildman–Crippen MR) is 107 cm³/mol. The first-order valence-corrected chi connectivity index (χ1v) is 9.97.